The summed E-state index contributed by atoms with van der Waals surface area (Å²) in [5.41, 5.74) is 4.45. The number of carboxylic acids is 1. The van der Waals surface area contributed by atoms with Gasteiger partial charge in [-0.2, -0.15) is 0 Å². The first-order valence-corrected chi connectivity index (χ1v) is 8.71. The number of hydrogen-bond acceptors (Lipinski definition) is 2. The van der Waals surface area contributed by atoms with Gasteiger partial charge in [-0.1, -0.05) is 48.5 Å². The summed E-state index contributed by atoms with van der Waals surface area (Å²) in [5.74, 6) is -0.101. The molecule has 134 valence electrons. The molecule has 0 saturated heterocycles. The van der Waals surface area contributed by atoms with Crippen molar-refractivity contribution in [2.45, 2.75) is 6.61 Å². The number of aromatic nitrogens is 1. The van der Waals surface area contributed by atoms with Crippen molar-refractivity contribution in [2.75, 3.05) is 0 Å². The molecule has 27 heavy (non-hydrogen) atoms. The van der Waals surface area contributed by atoms with Crippen molar-refractivity contribution in [1.29, 1.82) is 0 Å². The number of rotatable bonds is 5. The predicted molar refractivity (Wildman–Crippen MR) is 106 cm³/mol. The van der Waals surface area contributed by atoms with Crippen molar-refractivity contribution in [3.63, 3.8) is 0 Å². The van der Waals surface area contributed by atoms with Crippen LogP contribution in [-0.2, 0) is 13.7 Å². The smallest absolute Gasteiger partial charge is 0.335 e. The Bertz CT molecular complexity index is 1100. The highest BCUT2D eigenvalue weighted by molar-refractivity contribution is 6.00. The molecule has 0 radical (unpaired) electrons. The first-order chi connectivity index (χ1) is 13.1. The third-order valence-electron chi connectivity index (χ3n) is 4.65. The van der Waals surface area contributed by atoms with Gasteiger partial charge in [0.2, 0.25) is 0 Å². The molecule has 0 aliphatic heterocycles. The maximum atomic E-state index is 11.2. The first-order valence-electron chi connectivity index (χ1n) is 8.71. The monoisotopic (exact) mass is 357 g/mol. The number of aryl methyl sites for hydroxylation is 1. The molecule has 1 N–H and O–H groups in total. The molecule has 0 fully saturated rings. The van der Waals surface area contributed by atoms with Gasteiger partial charge in [-0.15, -0.1) is 0 Å². The van der Waals surface area contributed by atoms with Crippen LogP contribution in [-0.4, -0.2) is 15.6 Å². The molecular formula is C23H19NO3. The van der Waals surface area contributed by atoms with Crippen molar-refractivity contribution >= 4 is 16.9 Å². The molecule has 0 saturated carbocycles. The largest absolute Gasteiger partial charge is 0.489 e. The summed E-state index contributed by atoms with van der Waals surface area (Å²) < 4.78 is 7.80. The Balaban J connectivity index is 1.59. The standard InChI is InChI=1S/C23H19NO3/c1-24-14-21(20-12-9-18(23(25)26)13-22(20)24)17-7-10-19(11-8-17)27-15-16-5-3-2-4-6-16/h2-14H,15H2,1H3,(H,25,26). The lowest BCUT2D eigenvalue weighted by Crippen LogP contribution is -1.96. The van der Waals surface area contributed by atoms with E-state index in [1.807, 2.05) is 78.5 Å². The van der Waals surface area contributed by atoms with Gasteiger partial charge in [0.15, 0.2) is 0 Å². The summed E-state index contributed by atoms with van der Waals surface area (Å²) in [6.45, 7) is 0.534. The first kappa shape index (κ1) is 16.9. The van der Waals surface area contributed by atoms with Gasteiger partial charge in [0.1, 0.15) is 12.4 Å². The number of benzene rings is 3. The van der Waals surface area contributed by atoms with Gasteiger partial charge in [0, 0.05) is 29.7 Å². The van der Waals surface area contributed by atoms with E-state index in [1.165, 1.54) is 0 Å². The number of ether oxygens (including phenoxy) is 1. The van der Waals surface area contributed by atoms with Gasteiger partial charge >= 0.3 is 5.97 Å². The van der Waals surface area contributed by atoms with Crippen LogP contribution < -0.4 is 4.74 Å². The highest BCUT2D eigenvalue weighted by Crippen LogP contribution is 2.32. The van der Waals surface area contributed by atoms with Crippen molar-refractivity contribution < 1.29 is 14.6 Å². The summed E-state index contributed by atoms with van der Waals surface area (Å²) in [7, 11) is 1.93. The quantitative estimate of drug-likeness (QED) is 0.539. The fraction of sp³-hybridized carbons (Fsp3) is 0.0870. The molecule has 3 aromatic carbocycles. The Hall–Kier alpha value is -3.53. The Morgan fingerprint density at radius 2 is 1.74 bits per heavy atom. The zero-order valence-electron chi connectivity index (χ0n) is 14.9. The van der Waals surface area contributed by atoms with Gasteiger partial charge in [-0.05, 0) is 35.4 Å². The maximum Gasteiger partial charge on any atom is 0.335 e. The van der Waals surface area contributed by atoms with Crippen LogP contribution in [0.1, 0.15) is 15.9 Å². The number of fused-ring (bicyclic) bond motifs is 1. The number of carboxylic acid groups (broad SMARTS) is 1. The van der Waals surface area contributed by atoms with E-state index in [0.717, 1.165) is 33.3 Å². The van der Waals surface area contributed by atoms with Gasteiger partial charge in [-0.25, -0.2) is 4.79 Å². The van der Waals surface area contributed by atoms with Gasteiger partial charge < -0.3 is 14.4 Å². The topological polar surface area (TPSA) is 51.5 Å². The molecule has 0 aliphatic rings. The molecule has 0 aliphatic carbocycles. The van der Waals surface area contributed by atoms with Crippen molar-refractivity contribution in [3.8, 4) is 16.9 Å². The normalized spacial score (nSPS) is 10.9. The van der Waals surface area contributed by atoms with Crippen molar-refractivity contribution in [3.05, 3.63) is 90.1 Å². The second-order valence-corrected chi connectivity index (χ2v) is 6.49. The fourth-order valence-corrected chi connectivity index (χ4v) is 3.22. The molecule has 1 aromatic heterocycles. The van der Waals surface area contributed by atoms with Crippen LogP contribution in [0.3, 0.4) is 0 Å². The van der Waals surface area contributed by atoms with E-state index in [0.29, 0.717) is 12.2 Å². The number of hydrogen-bond donors (Lipinski definition) is 1. The molecule has 4 aromatic rings. The maximum absolute atomic E-state index is 11.2. The molecule has 4 nitrogen and oxygen atoms in total. The van der Waals surface area contributed by atoms with Crippen LogP contribution in [0, 0.1) is 0 Å². The highest BCUT2D eigenvalue weighted by atomic mass is 16.5. The van der Waals surface area contributed by atoms with Gasteiger partial charge in [-0.3, -0.25) is 0 Å². The Morgan fingerprint density at radius 3 is 2.44 bits per heavy atom. The van der Waals surface area contributed by atoms with Crippen LogP contribution in [0.5, 0.6) is 5.75 Å². The second-order valence-electron chi connectivity index (χ2n) is 6.49. The summed E-state index contributed by atoms with van der Waals surface area (Å²) in [6, 6.07) is 23.3. The summed E-state index contributed by atoms with van der Waals surface area (Å²) in [5, 5.41) is 10.2. The minimum Gasteiger partial charge on any atom is -0.489 e. The van der Waals surface area contributed by atoms with Gasteiger partial charge in [0.05, 0.1) is 5.56 Å². The predicted octanol–water partition coefficient (Wildman–Crippen LogP) is 5.12. The second kappa shape index (κ2) is 7.00. The van der Waals surface area contributed by atoms with Crippen molar-refractivity contribution in [1.82, 2.24) is 4.57 Å². The number of nitrogens with zero attached hydrogens (tertiary/aromatic N) is 1. The molecule has 0 unspecified atom stereocenters. The van der Waals surface area contributed by atoms with E-state index in [9.17, 15) is 9.90 Å². The highest BCUT2D eigenvalue weighted by Gasteiger charge is 2.12. The molecule has 0 atom stereocenters. The van der Waals surface area contributed by atoms with E-state index >= 15 is 0 Å². The SMILES string of the molecule is Cn1cc(-c2ccc(OCc3ccccc3)cc2)c2ccc(C(=O)O)cc21. The fourth-order valence-electron chi connectivity index (χ4n) is 3.22. The zero-order valence-corrected chi connectivity index (χ0v) is 14.9. The average molecular weight is 357 g/mol. The molecule has 0 amide bonds. The molecular weight excluding hydrogens is 338 g/mol. The van der Waals surface area contributed by atoms with E-state index in [1.54, 1.807) is 12.1 Å². The van der Waals surface area contributed by atoms with Crippen LogP contribution in [0.15, 0.2) is 79.0 Å². The Morgan fingerprint density at radius 1 is 1.00 bits per heavy atom. The Labute approximate surface area is 157 Å². The van der Waals surface area contributed by atoms with Crippen LogP contribution in [0.2, 0.25) is 0 Å². The third-order valence-corrected chi connectivity index (χ3v) is 4.65. The minimum atomic E-state index is -0.917. The summed E-state index contributed by atoms with van der Waals surface area (Å²) in [6.07, 6.45) is 2.02. The lowest BCUT2D eigenvalue weighted by atomic mass is 10.0. The van der Waals surface area contributed by atoms with Crippen LogP contribution in [0.4, 0.5) is 0 Å². The van der Waals surface area contributed by atoms with E-state index in [2.05, 4.69) is 0 Å². The van der Waals surface area contributed by atoms with Gasteiger partial charge in [0.25, 0.3) is 0 Å². The lowest BCUT2D eigenvalue weighted by molar-refractivity contribution is 0.0697. The van der Waals surface area contributed by atoms with Crippen molar-refractivity contribution in [2.24, 2.45) is 7.05 Å². The Kier molecular flexibility index (Phi) is 4.38. The van der Waals surface area contributed by atoms with E-state index in [4.69, 9.17) is 4.74 Å². The summed E-state index contributed by atoms with van der Waals surface area (Å²) >= 11 is 0. The van der Waals surface area contributed by atoms with Crippen LogP contribution in [0.25, 0.3) is 22.0 Å². The van der Waals surface area contributed by atoms with Crippen LogP contribution >= 0.6 is 0 Å². The molecule has 0 bridgehead atoms. The third kappa shape index (κ3) is 3.42. The zero-order chi connectivity index (χ0) is 18.8. The minimum absolute atomic E-state index is 0.292. The average Bonchev–Trinajstić information content (AvgIpc) is 3.04. The van der Waals surface area contributed by atoms with E-state index in [-0.39, 0.29) is 0 Å². The summed E-state index contributed by atoms with van der Waals surface area (Å²) in [4.78, 5) is 11.2. The number of aromatic carboxylic acids is 1. The molecule has 4 rings (SSSR count). The van der Waals surface area contributed by atoms with E-state index < -0.39 is 5.97 Å². The molecule has 4 heteroatoms. The lowest BCUT2D eigenvalue weighted by Gasteiger charge is -2.07. The molecule has 1 heterocycles. The number of carbonyl (C=O) groups is 1. The molecule has 0 spiro atoms.